The predicted molar refractivity (Wildman–Crippen MR) is 121 cm³/mol. The zero-order valence-electron chi connectivity index (χ0n) is 17.1. The number of nitrogens with one attached hydrogen (secondary N) is 1. The second-order valence-corrected chi connectivity index (χ2v) is 7.04. The van der Waals surface area contributed by atoms with Gasteiger partial charge < -0.3 is 15.8 Å². The molecule has 4 aromatic rings. The first-order valence-electron chi connectivity index (χ1n) is 9.87. The summed E-state index contributed by atoms with van der Waals surface area (Å²) in [6.07, 6.45) is 6.39. The molecule has 2 amide bonds. The summed E-state index contributed by atoms with van der Waals surface area (Å²) in [6.45, 7) is 0.243. The van der Waals surface area contributed by atoms with Crippen LogP contribution in [0, 0.1) is 0 Å². The lowest BCUT2D eigenvalue weighted by Crippen LogP contribution is -2.12. The molecule has 4 rings (SSSR count). The van der Waals surface area contributed by atoms with Gasteiger partial charge in [0, 0.05) is 29.8 Å². The normalized spacial score (nSPS) is 10.4. The molecule has 0 aliphatic heterocycles. The summed E-state index contributed by atoms with van der Waals surface area (Å²) in [6, 6.07) is 20.1. The second kappa shape index (κ2) is 9.53. The minimum absolute atomic E-state index is 0.209. The quantitative estimate of drug-likeness (QED) is 0.465. The van der Waals surface area contributed by atoms with Crippen molar-refractivity contribution in [1.29, 1.82) is 0 Å². The van der Waals surface area contributed by atoms with Gasteiger partial charge in [-0.3, -0.25) is 19.6 Å². The number of aromatic nitrogens is 2. The molecule has 0 bridgehead atoms. The third kappa shape index (κ3) is 5.14. The smallest absolute Gasteiger partial charge is 0.255 e. The summed E-state index contributed by atoms with van der Waals surface area (Å²) in [5.41, 5.74) is 9.57. The van der Waals surface area contributed by atoms with Crippen molar-refractivity contribution < 1.29 is 14.3 Å². The molecule has 0 saturated carbocycles. The fourth-order valence-electron chi connectivity index (χ4n) is 3.09. The van der Waals surface area contributed by atoms with E-state index in [4.69, 9.17) is 10.5 Å². The van der Waals surface area contributed by atoms with Gasteiger partial charge in [-0.15, -0.1) is 0 Å². The zero-order chi connectivity index (χ0) is 22.3. The maximum Gasteiger partial charge on any atom is 0.255 e. The van der Waals surface area contributed by atoms with Crippen molar-refractivity contribution in [3.63, 3.8) is 0 Å². The molecular weight excluding hydrogens is 404 g/mol. The summed E-state index contributed by atoms with van der Waals surface area (Å²) < 4.78 is 5.69. The van der Waals surface area contributed by atoms with Crippen LogP contribution in [-0.2, 0) is 6.61 Å². The van der Waals surface area contributed by atoms with Gasteiger partial charge in [-0.05, 0) is 53.1 Å². The number of carbonyl (C=O) groups is 2. The molecule has 0 aliphatic rings. The van der Waals surface area contributed by atoms with E-state index in [2.05, 4.69) is 15.3 Å². The maximum absolute atomic E-state index is 12.6. The van der Waals surface area contributed by atoms with Crippen molar-refractivity contribution in [2.24, 2.45) is 5.73 Å². The Labute approximate surface area is 184 Å². The molecule has 0 aliphatic carbocycles. The number of pyridine rings is 2. The number of carbonyl (C=O) groups excluding carboxylic acids is 2. The highest BCUT2D eigenvalue weighted by Gasteiger charge is 2.08. The topological polar surface area (TPSA) is 107 Å². The molecule has 0 spiro atoms. The van der Waals surface area contributed by atoms with Crippen molar-refractivity contribution in [1.82, 2.24) is 9.97 Å². The molecule has 3 N–H and O–H groups in total. The number of anilines is 1. The summed E-state index contributed by atoms with van der Waals surface area (Å²) in [7, 11) is 0. The van der Waals surface area contributed by atoms with E-state index < -0.39 is 5.91 Å². The van der Waals surface area contributed by atoms with Crippen LogP contribution in [0.1, 0.15) is 26.3 Å². The fraction of sp³-hybridized carbons (Fsp3) is 0.0400. The van der Waals surface area contributed by atoms with E-state index >= 15 is 0 Å². The standard InChI is InChI=1S/C25H20N4O3/c26-24(30)21-12-23(15-28-14-21)32-16-17-3-1-5-22(11-17)29-25(31)19-8-6-18(7-9-19)20-4-2-10-27-13-20/h1-15H,16H2,(H2,26,30)(H,29,31). The van der Waals surface area contributed by atoms with Crippen LogP contribution in [0.15, 0.2) is 91.5 Å². The summed E-state index contributed by atoms with van der Waals surface area (Å²) in [5, 5.41) is 2.90. The predicted octanol–water partition coefficient (Wildman–Crippen LogP) is 4.07. The average Bonchev–Trinajstić information content (AvgIpc) is 2.84. The van der Waals surface area contributed by atoms with Gasteiger partial charge >= 0.3 is 0 Å². The van der Waals surface area contributed by atoms with Crippen LogP contribution in [0.25, 0.3) is 11.1 Å². The van der Waals surface area contributed by atoms with Crippen LogP contribution in [0.5, 0.6) is 5.75 Å². The van der Waals surface area contributed by atoms with Crippen molar-refractivity contribution in [3.8, 4) is 16.9 Å². The number of hydrogen-bond acceptors (Lipinski definition) is 5. The first-order valence-corrected chi connectivity index (χ1v) is 9.87. The lowest BCUT2D eigenvalue weighted by atomic mass is 10.1. The third-order valence-electron chi connectivity index (χ3n) is 4.73. The van der Waals surface area contributed by atoms with Gasteiger partial charge in [0.25, 0.3) is 5.91 Å². The van der Waals surface area contributed by atoms with Crippen molar-refractivity contribution in [2.75, 3.05) is 5.32 Å². The van der Waals surface area contributed by atoms with Crippen LogP contribution >= 0.6 is 0 Å². The second-order valence-electron chi connectivity index (χ2n) is 7.04. The van der Waals surface area contributed by atoms with E-state index in [0.29, 0.717) is 17.0 Å². The maximum atomic E-state index is 12.6. The van der Waals surface area contributed by atoms with E-state index in [9.17, 15) is 9.59 Å². The SMILES string of the molecule is NC(=O)c1cncc(OCc2cccc(NC(=O)c3ccc(-c4cccnc4)cc3)c2)c1. The first kappa shape index (κ1) is 20.7. The Kier molecular flexibility index (Phi) is 6.17. The Balaban J connectivity index is 1.39. The van der Waals surface area contributed by atoms with Gasteiger partial charge in [-0.25, -0.2) is 0 Å². The third-order valence-corrected chi connectivity index (χ3v) is 4.73. The van der Waals surface area contributed by atoms with E-state index in [0.717, 1.165) is 16.7 Å². The molecule has 158 valence electrons. The number of nitrogens with zero attached hydrogens (tertiary/aromatic N) is 2. The first-order chi connectivity index (χ1) is 15.6. The summed E-state index contributed by atoms with van der Waals surface area (Å²) >= 11 is 0. The van der Waals surface area contributed by atoms with Crippen LogP contribution in [0.4, 0.5) is 5.69 Å². The molecule has 7 heteroatoms. The summed E-state index contributed by atoms with van der Waals surface area (Å²) in [4.78, 5) is 32.0. The molecule has 32 heavy (non-hydrogen) atoms. The minimum atomic E-state index is -0.568. The van der Waals surface area contributed by atoms with Gasteiger partial charge in [-0.1, -0.05) is 30.3 Å². The van der Waals surface area contributed by atoms with Gasteiger partial charge in [0.2, 0.25) is 5.91 Å². The van der Waals surface area contributed by atoms with E-state index in [1.54, 1.807) is 30.6 Å². The van der Waals surface area contributed by atoms with Crippen molar-refractivity contribution in [2.45, 2.75) is 6.61 Å². The summed E-state index contributed by atoms with van der Waals surface area (Å²) in [5.74, 6) is -0.343. The number of nitrogens with two attached hydrogens (primary N) is 1. The van der Waals surface area contributed by atoms with E-state index in [1.807, 2.05) is 42.5 Å². The Bertz CT molecular complexity index is 1240. The van der Waals surface area contributed by atoms with Gasteiger partial charge in [0.05, 0.1) is 11.8 Å². The molecule has 0 unspecified atom stereocenters. The zero-order valence-corrected chi connectivity index (χ0v) is 17.1. The highest BCUT2D eigenvalue weighted by Crippen LogP contribution is 2.20. The molecule has 2 heterocycles. The number of benzene rings is 2. The minimum Gasteiger partial charge on any atom is -0.487 e. The Morgan fingerprint density at radius 3 is 2.44 bits per heavy atom. The van der Waals surface area contributed by atoms with E-state index in [-0.39, 0.29) is 18.1 Å². The lowest BCUT2D eigenvalue weighted by molar-refractivity contribution is 0.0997. The van der Waals surface area contributed by atoms with Crippen LogP contribution in [0.2, 0.25) is 0 Å². The van der Waals surface area contributed by atoms with Crippen LogP contribution in [-0.4, -0.2) is 21.8 Å². The number of rotatable bonds is 7. The van der Waals surface area contributed by atoms with Gasteiger partial charge in [0.15, 0.2) is 0 Å². The number of ether oxygens (including phenoxy) is 1. The molecule has 0 saturated heterocycles. The highest BCUT2D eigenvalue weighted by molar-refractivity contribution is 6.04. The number of hydrogen-bond donors (Lipinski definition) is 2. The Morgan fingerprint density at radius 2 is 1.69 bits per heavy atom. The molecule has 7 nitrogen and oxygen atoms in total. The Morgan fingerprint density at radius 1 is 0.844 bits per heavy atom. The number of amides is 2. The molecule has 0 radical (unpaired) electrons. The fourth-order valence-corrected chi connectivity index (χ4v) is 3.09. The molecule has 0 fully saturated rings. The van der Waals surface area contributed by atoms with E-state index in [1.165, 1.54) is 18.5 Å². The van der Waals surface area contributed by atoms with Crippen LogP contribution < -0.4 is 15.8 Å². The average molecular weight is 424 g/mol. The van der Waals surface area contributed by atoms with Crippen LogP contribution in [0.3, 0.4) is 0 Å². The molecule has 0 atom stereocenters. The monoisotopic (exact) mass is 424 g/mol. The van der Waals surface area contributed by atoms with Crippen molar-refractivity contribution in [3.05, 3.63) is 108 Å². The number of primary amides is 1. The molecule has 2 aromatic carbocycles. The molecular formula is C25H20N4O3. The van der Waals surface area contributed by atoms with Gasteiger partial charge in [-0.2, -0.15) is 0 Å². The Hall–Kier alpha value is -4.52. The lowest BCUT2D eigenvalue weighted by Gasteiger charge is -2.10. The van der Waals surface area contributed by atoms with Crippen molar-refractivity contribution >= 4 is 17.5 Å². The highest BCUT2D eigenvalue weighted by atomic mass is 16.5. The molecule has 2 aromatic heterocycles. The van der Waals surface area contributed by atoms with Gasteiger partial charge in [0.1, 0.15) is 12.4 Å². The largest absolute Gasteiger partial charge is 0.487 e.